The van der Waals surface area contributed by atoms with Crippen molar-refractivity contribution in [3.8, 4) is 0 Å². The van der Waals surface area contributed by atoms with Crippen LogP contribution in [-0.4, -0.2) is 11.9 Å². The molecule has 2 aromatic rings. The fourth-order valence-corrected chi connectivity index (χ4v) is 2.31. The molecule has 138 valence electrons. The molecule has 2 aromatic carbocycles. The maximum absolute atomic E-state index is 12.8. The van der Waals surface area contributed by atoms with Gasteiger partial charge in [0.2, 0.25) is 5.91 Å². The van der Waals surface area contributed by atoms with Gasteiger partial charge in [0.25, 0.3) is 0 Å². The summed E-state index contributed by atoms with van der Waals surface area (Å²) in [5.41, 5.74) is 0.514. The minimum atomic E-state index is -4.44. The van der Waals surface area contributed by atoms with E-state index >= 15 is 0 Å². The van der Waals surface area contributed by atoms with Gasteiger partial charge in [-0.3, -0.25) is 4.79 Å². The van der Waals surface area contributed by atoms with Crippen LogP contribution in [0.5, 0.6) is 0 Å². The monoisotopic (exact) mass is 365 g/mol. The van der Waals surface area contributed by atoms with E-state index in [1.54, 1.807) is 31.2 Å². The summed E-state index contributed by atoms with van der Waals surface area (Å²) in [6, 6.07) is 10.1. The Hall–Kier alpha value is -3.03. The zero-order chi connectivity index (χ0) is 19.3. The third kappa shape index (κ3) is 5.51. The molecule has 0 bridgehead atoms. The predicted octanol–water partition coefficient (Wildman–Crippen LogP) is 4.55. The van der Waals surface area contributed by atoms with Crippen LogP contribution in [0.15, 0.2) is 48.5 Å². The lowest BCUT2D eigenvalue weighted by Crippen LogP contribution is -2.31. The first-order valence-corrected chi connectivity index (χ1v) is 7.77. The van der Waals surface area contributed by atoms with Crippen LogP contribution in [0.25, 0.3) is 0 Å². The fraction of sp³-hybridized carbons (Fsp3) is 0.222. The lowest BCUT2D eigenvalue weighted by Gasteiger charge is -2.17. The number of rotatable bonds is 4. The Morgan fingerprint density at radius 1 is 0.962 bits per heavy atom. The van der Waals surface area contributed by atoms with Crippen LogP contribution in [-0.2, 0) is 11.0 Å². The summed E-state index contributed by atoms with van der Waals surface area (Å²) in [4.78, 5) is 23.1. The Labute approximate surface area is 148 Å². The van der Waals surface area contributed by atoms with Crippen LogP contribution < -0.4 is 16.0 Å². The molecule has 1 unspecified atom stereocenters. The van der Waals surface area contributed by atoms with Crippen LogP contribution in [0.1, 0.15) is 31.0 Å². The van der Waals surface area contributed by atoms with Crippen LogP contribution >= 0.6 is 0 Å². The van der Waals surface area contributed by atoms with Crippen molar-refractivity contribution in [3.05, 3.63) is 59.7 Å². The topological polar surface area (TPSA) is 70.2 Å². The molecule has 0 fully saturated rings. The summed E-state index contributed by atoms with van der Waals surface area (Å²) >= 11 is 0. The van der Waals surface area contributed by atoms with Crippen molar-refractivity contribution >= 4 is 23.3 Å². The fourth-order valence-electron chi connectivity index (χ4n) is 2.31. The highest BCUT2D eigenvalue weighted by atomic mass is 19.4. The van der Waals surface area contributed by atoms with E-state index in [-0.39, 0.29) is 5.91 Å². The van der Waals surface area contributed by atoms with Gasteiger partial charge in [0, 0.05) is 18.3 Å². The second kappa shape index (κ2) is 7.90. The van der Waals surface area contributed by atoms with Gasteiger partial charge >= 0.3 is 12.2 Å². The Bertz CT molecular complexity index is 806. The molecule has 0 saturated heterocycles. The van der Waals surface area contributed by atoms with Crippen molar-refractivity contribution in [2.24, 2.45) is 0 Å². The summed E-state index contributed by atoms with van der Waals surface area (Å²) in [6.07, 6.45) is -4.44. The first kappa shape index (κ1) is 19.3. The Kier molecular flexibility index (Phi) is 5.86. The van der Waals surface area contributed by atoms with E-state index in [0.717, 1.165) is 12.1 Å². The molecule has 2 rings (SSSR count). The van der Waals surface area contributed by atoms with Crippen LogP contribution in [0.4, 0.5) is 29.3 Å². The molecule has 0 aliphatic carbocycles. The van der Waals surface area contributed by atoms with E-state index in [2.05, 4.69) is 16.0 Å². The maximum Gasteiger partial charge on any atom is 0.416 e. The molecule has 1 atom stereocenters. The van der Waals surface area contributed by atoms with Crippen LogP contribution in [0.2, 0.25) is 0 Å². The van der Waals surface area contributed by atoms with E-state index in [1.165, 1.54) is 19.1 Å². The molecule has 0 radical (unpaired) electrons. The van der Waals surface area contributed by atoms with Crippen molar-refractivity contribution in [3.63, 3.8) is 0 Å². The molecule has 0 saturated carbocycles. The van der Waals surface area contributed by atoms with Gasteiger partial charge < -0.3 is 16.0 Å². The van der Waals surface area contributed by atoms with Crippen LogP contribution in [0.3, 0.4) is 0 Å². The number of alkyl halides is 3. The number of amides is 3. The highest BCUT2D eigenvalue weighted by Crippen LogP contribution is 2.30. The molecule has 0 spiro atoms. The highest BCUT2D eigenvalue weighted by Gasteiger charge is 2.30. The van der Waals surface area contributed by atoms with Gasteiger partial charge in [-0.2, -0.15) is 13.2 Å². The van der Waals surface area contributed by atoms with Gasteiger partial charge in [-0.25, -0.2) is 4.79 Å². The lowest BCUT2D eigenvalue weighted by atomic mass is 10.1. The quantitative estimate of drug-likeness (QED) is 0.744. The normalized spacial score (nSPS) is 12.2. The number of urea groups is 1. The second-order valence-corrected chi connectivity index (χ2v) is 5.71. The van der Waals surface area contributed by atoms with Crippen molar-refractivity contribution < 1.29 is 22.8 Å². The van der Waals surface area contributed by atoms with Crippen molar-refractivity contribution in [1.29, 1.82) is 0 Å². The van der Waals surface area contributed by atoms with Crippen molar-refractivity contribution in [2.75, 3.05) is 10.6 Å². The third-order valence-corrected chi connectivity index (χ3v) is 3.50. The number of nitrogens with one attached hydrogen (secondary N) is 3. The van der Waals surface area contributed by atoms with Crippen LogP contribution in [0, 0.1) is 0 Å². The zero-order valence-electron chi connectivity index (χ0n) is 14.1. The van der Waals surface area contributed by atoms with Gasteiger partial charge in [0.15, 0.2) is 0 Å². The summed E-state index contributed by atoms with van der Waals surface area (Å²) in [7, 11) is 0. The summed E-state index contributed by atoms with van der Waals surface area (Å²) in [6.45, 7) is 2.95. The van der Waals surface area contributed by atoms with Crippen molar-refractivity contribution in [1.82, 2.24) is 5.32 Å². The first-order valence-electron chi connectivity index (χ1n) is 7.77. The van der Waals surface area contributed by atoms with E-state index in [9.17, 15) is 22.8 Å². The van der Waals surface area contributed by atoms with Gasteiger partial charge in [-0.1, -0.05) is 18.2 Å². The smallest absolute Gasteiger partial charge is 0.331 e. The summed E-state index contributed by atoms with van der Waals surface area (Å²) in [5.74, 6) is -0.246. The van der Waals surface area contributed by atoms with E-state index in [0.29, 0.717) is 16.9 Å². The standard InChI is InChI=1S/C18H18F3N3O2/c1-11(13-5-3-6-14(9-13)18(19,20)21)22-17(26)24-16-8-4-7-15(10-16)23-12(2)25/h3-11H,1-2H3,(H,23,25)(H2,22,24,26). The molecule has 8 heteroatoms. The Morgan fingerprint density at radius 2 is 1.58 bits per heavy atom. The van der Waals surface area contributed by atoms with E-state index < -0.39 is 23.8 Å². The number of hydrogen-bond donors (Lipinski definition) is 3. The minimum absolute atomic E-state index is 0.246. The molecule has 0 aromatic heterocycles. The molecule has 3 amide bonds. The van der Waals surface area contributed by atoms with E-state index in [1.807, 2.05) is 0 Å². The molecule has 0 heterocycles. The SMILES string of the molecule is CC(=O)Nc1cccc(NC(=O)NC(C)c2cccc(C(F)(F)F)c2)c1. The third-order valence-electron chi connectivity index (χ3n) is 3.50. The highest BCUT2D eigenvalue weighted by molar-refractivity contribution is 5.92. The average molecular weight is 365 g/mol. The number of halogens is 3. The maximum atomic E-state index is 12.8. The van der Waals surface area contributed by atoms with Gasteiger partial charge in [-0.05, 0) is 42.8 Å². The number of carbonyl (C=O) groups excluding carboxylic acids is 2. The molecular weight excluding hydrogens is 347 g/mol. The number of benzene rings is 2. The molecular formula is C18H18F3N3O2. The predicted molar refractivity (Wildman–Crippen MR) is 92.8 cm³/mol. The summed E-state index contributed by atoms with van der Waals surface area (Å²) in [5, 5.41) is 7.74. The molecule has 3 N–H and O–H groups in total. The van der Waals surface area contributed by atoms with Gasteiger partial charge in [-0.15, -0.1) is 0 Å². The number of hydrogen-bond acceptors (Lipinski definition) is 2. The first-order chi connectivity index (χ1) is 12.1. The zero-order valence-corrected chi connectivity index (χ0v) is 14.1. The van der Waals surface area contributed by atoms with E-state index in [4.69, 9.17) is 0 Å². The average Bonchev–Trinajstić information content (AvgIpc) is 2.53. The molecule has 0 aliphatic heterocycles. The minimum Gasteiger partial charge on any atom is -0.331 e. The lowest BCUT2D eigenvalue weighted by molar-refractivity contribution is -0.137. The largest absolute Gasteiger partial charge is 0.416 e. The van der Waals surface area contributed by atoms with Crippen molar-refractivity contribution in [2.45, 2.75) is 26.1 Å². The summed E-state index contributed by atoms with van der Waals surface area (Å²) < 4.78 is 38.3. The number of carbonyl (C=O) groups is 2. The molecule has 26 heavy (non-hydrogen) atoms. The van der Waals surface area contributed by atoms with Gasteiger partial charge in [0.05, 0.1) is 11.6 Å². The molecule has 0 aliphatic rings. The molecule has 5 nitrogen and oxygen atoms in total. The van der Waals surface area contributed by atoms with Gasteiger partial charge in [0.1, 0.15) is 0 Å². The Morgan fingerprint density at radius 3 is 2.19 bits per heavy atom. The second-order valence-electron chi connectivity index (χ2n) is 5.71. The number of anilines is 2. The Balaban J connectivity index is 2.02.